The minimum atomic E-state index is 0.367. The van der Waals surface area contributed by atoms with Crippen LogP contribution < -0.4 is 10.1 Å². The highest BCUT2D eigenvalue weighted by molar-refractivity contribution is 9.10. The Labute approximate surface area is 112 Å². The molecule has 1 N–H and O–H groups in total. The van der Waals surface area contributed by atoms with E-state index in [1.54, 1.807) is 0 Å². The van der Waals surface area contributed by atoms with Gasteiger partial charge in [0.05, 0.1) is 11.1 Å². The summed E-state index contributed by atoms with van der Waals surface area (Å²) in [6.45, 7) is 2.99. The average molecular weight is 298 g/mol. The molecule has 17 heavy (non-hydrogen) atoms. The summed E-state index contributed by atoms with van der Waals surface area (Å²) in [7, 11) is 1.97. The van der Waals surface area contributed by atoms with Crippen molar-refractivity contribution in [2.24, 2.45) is 5.92 Å². The zero-order chi connectivity index (χ0) is 12.3. The molecule has 0 aliphatic heterocycles. The van der Waals surface area contributed by atoms with Crippen molar-refractivity contribution in [3.05, 3.63) is 28.2 Å². The third-order valence-electron chi connectivity index (χ3n) is 3.37. The number of halogens is 1. The molecule has 1 aromatic rings. The molecule has 1 aliphatic rings. The van der Waals surface area contributed by atoms with Crippen LogP contribution in [0.5, 0.6) is 5.75 Å². The van der Waals surface area contributed by atoms with Crippen LogP contribution in [0.15, 0.2) is 22.7 Å². The fourth-order valence-electron chi connectivity index (χ4n) is 1.81. The fourth-order valence-corrected chi connectivity index (χ4v) is 2.32. The lowest BCUT2D eigenvalue weighted by Gasteiger charge is -2.13. The smallest absolute Gasteiger partial charge is 0.133 e. The summed E-state index contributed by atoms with van der Waals surface area (Å²) >= 11 is 3.57. The molecule has 1 fully saturated rings. The molecule has 1 aliphatic carbocycles. The number of rotatable bonds is 6. The van der Waals surface area contributed by atoms with Crippen LogP contribution in [-0.2, 0) is 0 Å². The first kappa shape index (κ1) is 12.9. The van der Waals surface area contributed by atoms with Gasteiger partial charge in [0.2, 0.25) is 0 Å². The summed E-state index contributed by atoms with van der Waals surface area (Å²) in [4.78, 5) is 0. The molecular formula is C14H20BrNO. The predicted octanol–water partition coefficient (Wildman–Crippen LogP) is 3.91. The molecule has 0 radical (unpaired) electrons. The Balaban J connectivity index is 1.92. The van der Waals surface area contributed by atoms with E-state index < -0.39 is 0 Å². The van der Waals surface area contributed by atoms with Gasteiger partial charge >= 0.3 is 0 Å². The summed E-state index contributed by atoms with van der Waals surface area (Å²) in [5.74, 6) is 1.88. The van der Waals surface area contributed by atoms with Crippen molar-refractivity contribution in [2.75, 3.05) is 13.7 Å². The molecule has 2 rings (SSSR count). The van der Waals surface area contributed by atoms with Crippen LogP contribution in [0.4, 0.5) is 0 Å². The minimum absolute atomic E-state index is 0.367. The van der Waals surface area contributed by atoms with Crippen LogP contribution in [0.1, 0.15) is 37.8 Å². The molecule has 0 bridgehead atoms. The maximum absolute atomic E-state index is 5.79. The van der Waals surface area contributed by atoms with E-state index in [-0.39, 0.29) is 0 Å². The molecular weight excluding hydrogens is 278 g/mol. The third-order valence-corrected chi connectivity index (χ3v) is 3.99. The van der Waals surface area contributed by atoms with E-state index >= 15 is 0 Å². The van der Waals surface area contributed by atoms with Crippen molar-refractivity contribution in [3.63, 3.8) is 0 Å². The van der Waals surface area contributed by atoms with Crippen LogP contribution in [0.25, 0.3) is 0 Å². The monoisotopic (exact) mass is 297 g/mol. The van der Waals surface area contributed by atoms with Crippen LogP contribution >= 0.6 is 15.9 Å². The number of benzene rings is 1. The molecule has 3 heteroatoms. The van der Waals surface area contributed by atoms with Crippen LogP contribution in [0.2, 0.25) is 0 Å². The molecule has 1 atom stereocenters. The van der Waals surface area contributed by atoms with Gasteiger partial charge in [0, 0.05) is 6.04 Å². The van der Waals surface area contributed by atoms with Gasteiger partial charge in [-0.2, -0.15) is 0 Å². The predicted molar refractivity (Wildman–Crippen MR) is 74.5 cm³/mol. The van der Waals surface area contributed by atoms with Crippen molar-refractivity contribution in [1.82, 2.24) is 5.32 Å². The highest BCUT2D eigenvalue weighted by Crippen LogP contribution is 2.33. The van der Waals surface area contributed by atoms with E-state index in [1.807, 2.05) is 7.05 Å². The number of hydrogen-bond acceptors (Lipinski definition) is 2. The van der Waals surface area contributed by atoms with Crippen molar-refractivity contribution in [1.29, 1.82) is 0 Å². The standard InChI is InChI=1S/C14H20BrNO/c1-10(16-2)12-5-6-14(13(15)9-12)17-8-7-11-3-4-11/h5-6,9-11,16H,3-4,7-8H2,1-2H3. The molecule has 0 heterocycles. The zero-order valence-corrected chi connectivity index (χ0v) is 12.1. The lowest BCUT2D eigenvalue weighted by atomic mass is 10.1. The van der Waals surface area contributed by atoms with Gasteiger partial charge < -0.3 is 10.1 Å². The van der Waals surface area contributed by atoms with Gasteiger partial charge in [0.1, 0.15) is 5.75 Å². The SMILES string of the molecule is CNC(C)c1ccc(OCCC2CC2)c(Br)c1. The van der Waals surface area contributed by atoms with Gasteiger partial charge in [-0.05, 0) is 59.9 Å². The molecule has 1 unspecified atom stereocenters. The van der Waals surface area contributed by atoms with Gasteiger partial charge in [-0.15, -0.1) is 0 Å². The summed E-state index contributed by atoms with van der Waals surface area (Å²) in [6.07, 6.45) is 3.98. The summed E-state index contributed by atoms with van der Waals surface area (Å²) < 4.78 is 6.84. The van der Waals surface area contributed by atoms with E-state index in [0.29, 0.717) is 6.04 Å². The first-order valence-corrected chi connectivity index (χ1v) is 7.09. The summed E-state index contributed by atoms with van der Waals surface area (Å²) in [6, 6.07) is 6.68. The molecule has 1 saturated carbocycles. The summed E-state index contributed by atoms with van der Waals surface area (Å²) in [5, 5.41) is 3.23. The Hall–Kier alpha value is -0.540. The highest BCUT2D eigenvalue weighted by Gasteiger charge is 2.20. The maximum atomic E-state index is 5.79. The van der Waals surface area contributed by atoms with Gasteiger partial charge in [-0.3, -0.25) is 0 Å². The van der Waals surface area contributed by atoms with E-state index in [0.717, 1.165) is 22.7 Å². The molecule has 0 aromatic heterocycles. The lowest BCUT2D eigenvalue weighted by Crippen LogP contribution is -2.12. The Kier molecular flexibility index (Phi) is 4.46. The Morgan fingerprint density at radius 2 is 2.24 bits per heavy atom. The van der Waals surface area contributed by atoms with E-state index in [9.17, 15) is 0 Å². The number of nitrogens with one attached hydrogen (secondary N) is 1. The summed E-state index contributed by atoms with van der Waals surface area (Å²) in [5.41, 5.74) is 1.27. The first-order chi connectivity index (χ1) is 8.20. The van der Waals surface area contributed by atoms with Crippen LogP contribution in [0.3, 0.4) is 0 Å². The molecule has 0 saturated heterocycles. The van der Waals surface area contributed by atoms with Crippen molar-refractivity contribution in [2.45, 2.75) is 32.2 Å². The molecule has 0 spiro atoms. The van der Waals surface area contributed by atoms with E-state index in [2.05, 4.69) is 46.4 Å². The second kappa shape index (κ2) is 5.87. The highest BCUT2D eigenvalue weighted by atomic mass is 79.9. The van der Waals surface area contributed by atoms with Crippen molar-refractivity contribution < 1.29 is 4.74 Å². The van der Waals surface area contributed by atoms with Crippen LogP contribution in [-0.4, -0.2) is 13.7 Å². The van der Waals surface area contributed by atoms with Gasteiger partial charge in [-0.1, -0.05) is 18.9 Å². The number of ether oxygens (including phenoxy) is 1. The normalized spacial score (nSPS) is 16.9. The van der Waals surface area contributed by atoms with E-state index in [4.69, 9.17) is 4.74 Å². The van der Waals surface area contributed by atoms with E-state index in [1.165, 1.54) is 24.8 Å². The van der Waals surface area contributed by atoms with Crippen molar-refractivity contribution >= 4 is 15.9 Å². The fraction of sp³-hybridized carbons (Fsp3) is 0.571. The molecule has 2 nitrogen and oxygen atoms in total. The second-order valence-corrected chi connectivity index (χ2v) is 5.64. The van der Waals surface area contributed by atoms with Gasteiger partial charge in [-0.25, -0.2) is 0 Å². The topological polar surface area (TPSA) is 21.3 Å². The quantitative estimate of drug-likeness (QED) is 0.860. The largest absolute Gasteiger partial charge is 0.492 e. The molecule has 94 valence electrons. The molecule has 1 aromatic carbocycles. The van der Waals surface area contributed by atoms with Gasteiger partial charge in [0.15, 0.2) is 0 Å². The second-order valence-electron chi connectivity index (χ2n) is 4.78. The van der Waals surface area contributed by atoms with Gasteiger partial charge in [0.25, 0.3) is 0 Å². The maximum Gasteiger partial charge on any atom is 0.133 e. The third kappa shape index (κ3) is 3.71. The lowest BCUT2D eigenvalue weighted by molar-refractivity contribution is 0.300. The average Bonchev–Trinajstić information content (AvgIpc) is 3.14. The molecule has 0 amide bonds. The zero-order valence-electron chi connectivity index (χ0n) is 10.5. The Morgan fingerprint density at radius 3 is 2.82 bits per heavy atom. The first-order valence-electron chi connectivity index (χ1n) is 6.30. The van der Waals surface area contributed by atoms with Crippen LogP contribution in [0, 0.1) is 5.92 Å². The Morgan fingerprint density at radius 1 is 1.47 bits per heavy atom. The Bertz CT molecular complexity index is 376. The number of hydrogen-bond donors (Lipinski definition) is 1. The minimum Gasteiger partial charge on any atom is -0.492 e. The van der Waals surface area contributed by atoms with Crippen molar-refractivity contribution in [3.8, 4) is 5.75 Å².